The zero-order valence-corrected chi connectivity index (χ0v) is 6.57. The van der Waals surface area contributed by atoms with Crippen molar-refractivity contribution in [3.8, 4) is 0 Å². The maximum Gasteiger partial charge on any atom is -0.00199 e. The molecule has 0 fully saturated rings. The van der Waals surface area contributed by atoms with Crippen LogP contribution >= 0.6 is 0 Å². The molecule has 2 aliphatic carbocycles. The van der Waals surface area contributed by atoms with Gasteiger partial charge in [0, 0.05) is 0 Å². The van der Waals surface area contributed by atoms with Gasteiger partial charge >= 0.3 is 0 Å². The summed E-state index contributed by atoms with van der Waals surface area (Å²) in [5.74, 6) is 0. The highest BCUT2D eigenvalue weighted by Crippen LogP contribution is 2.30. The normalized spacial score (nSPS) is 13.0. The van der Waals surface area contributed by atoms with E-state index in [1.807, 2.05) is 0 Å². The summed E-state index contributed by atoms with van der Waals surface area (Å²) in [5, 5.41) is 0. The standard InChI is InChI=1S/C10H12/c1-3-10-8-4-7(2)5-9(10)6-8/h4-5H,3,6H2,1-2H3. The van der Waals surface area contributed by atoms with Gasteiger partial charge in [-0.2, -0.15) is 0 Å². The molecule has 0 saturated heterocycles. The summed E-state index contributed by atoms with van der Waals surface area (Å²) in [7, 11) is 0. The Morgan fingerprint density at radius 3 is 2.40 bits per heavy atom. The van der Waals surface area contributed by atoms with Crippen molar-refractivity contribution in [1.29, 1.82) is 0 Å². The Kier molecular flexibility index (Phi) is 1.10. The van der Waals surface area contributed by atoms with Gasteiger partial charge in [0.25, 0.3) is 0 Å². The second-order valence-corrected chi connectivity index (χ2v) is 3.09. The summed E-state index contributed by atoms with van der Waals surface area (Å²) in [5.41, 5.74) is 6.19. The van der Waals surface area contributed by atoms with Crippen molar-refractivity contribution in [1.82, 2.24) is 0 Å². The zero-order chi connectivity index (χ0) is 7.14. The average Bonchev–Trinajstić information content (AvgIpc) is 1.87. The molecule has 0 heteroatoms. The zero-order valence-electron chi connectivity index (χ0n) is 6.57. The Labute approximate surface area is 61.9 Å². The summed E-state index contributed by atoms with van der Waals surface area (Å²) in [6.45, 7) is 4.41. The number of hydrogen-bond donors (Lipinski definition) is 0. The van der Waals surface area contributed by atoms with Crippen molar-refractivity contribution in [2.24, 2.45) is 0 Å². The van der Waals surface area contributed by atoms with Gasteiger partial charge in [0.05, 0.1) is 0 Å². The number of benzene rings is 1. The van der Waals surface area contributed by atoms with Crippen LogP contribution in [0.15, 0.2) is 12.1 Å². The summed E-state index contributed by atoms with van der Waals surface area (Å²) in [6, 6.07) is 4.62. The molecule has 0 N–H and O–H groups in total. The van der Waals surface area contributed by atoms with Crippen molar-refractivity contribution in [2.45, 2.75) is 26.7 Å². The molecule has 0 heterocycles. The molecule has 1 aromatic carbocycles. The minimum Gasteiger partial charge on any atom is -0.0613 e. The van der Waals surface area contributed by atoms with Crippen molar-refractivity contribution in [3.63, 3.8) is 0 Å². The minimum atomic E-state index is 1.21. The molecule has 10 heavy (non-hydrogen) atoms. The van der Waals surface area contributed by atoms with E-state index in [1.54, 1.807) is 16.7 Å². The molecule has 0 amide bonds. The highest BCUT2D eigenvalue weighted by molar-refractivity contribution is 5.50. The van der Waals surface area contributed by atoms with Crippen molar-refractivity contribution >= 4 is 0 Å². The number of fused-ring (bicyclic) bond motifs is 2. The first-order chi connectivity index (χ1) is 4.81. The average molecular weight is 132 g/mol. The summed E-state index contributed by atoms with van der Waals surface area (Å²) >= 11 is 0. The van der Waals surface area contributed by atoms with Gasteiger partial charge in [-0.25, -0.2) is 0 Å². The number of hydrogen-bond acceptors (Lipinski definition) is 0. The molecule has 0 saturated carbocycles. The van der Waals surface area contributed by atoms with Crippen LogP contribution < -0.4 is 0 Å². The maximum absolute atomic E-state index is 2.31. The predicted molar refractivity (Wildman–Crippen MR) is 43.4 cm³/mol. The maximum atomic E-state index is 2.31. The SMILES string of the molecule is CCc1c2cc(C)cc1C2. The lowest BCUT2D eigenvalue weighted by atomic mass is 9.82. The topological polar surface area (TPSA) is 0 Å². The first kappa shape index (κ1) is 5.96. The fourth-order valence-corrected chi connectivity index (χ4v) is 1.84. The quantitative estimate of drug-likeness (QED) is 0.559. The molecule has 1 aromatic rings. The van der Waals surface area contributed by atoms with Gasteiger partial charge in [0.2, 0.25) is 0 Å². The Morgan fingerprint density at radius 2 is 1.90 bits per heavy atom. The largest absolute Gasteiger partial charge is 0.0613 e. The highest BCUT2D eigenvalue weighted by atomic mass is 14.2. The third kappa shape index (κ3) is 0.620. The molecule has 0 spiro atoms. The van der Waals surface area contributed by atoms with E-state index in [0.29, 0.717) is 0 Å². The van der Waals surface area contributed by atoms with Crippen LogP contribution in [0.4, 0.5) is 0 Å². The molecule has 52 valence electrons. The van der Waals surface area contributed by atoms with Crippen LogP contribution in [0, 0.1) is 6.92 Å². The molecule has 3 rings (SSSR count). The molecular weight excluding hydrogens is 120 g/mol. The summed E-state index contributed by atoms with van der Waals surface area (Å²) in [6.07, 6.45) is 2.45. The van der Waals surface area contributed by atoms with Gasteiger partial charge in [-0.15, -0.1) is 0 Å². The molecule has 2 bridgehead atoms. The summed E-state index contributed by atoms with van der Waals surface area (Å²) in [4.78, 5) is 0. The van der Waals surface area contributed by atoms with Crippen molar-refractivity contribution < 1.29 is 0 Å². The van der Waals surface area contributed by atoms with Gasteiger partial charge in [-0.05, 0) is 36.5 Å². The van der Waals surface area contributed by atoms with Crippen LogP contribution in [0.1, 0.15) is 29.2 Å². The number of aryl methyl sites for hydroxylation is 2. The fourth-order valence-electron chi connectivity index (χ4n) is 1.84. The molecule has 2 aliphatic rings. The van der Waals surface area contributed by atoms with Gasteiger partial charge in [-0.1, -0.05) is 24.6 Å². The predicted octanol–water partition coefficient (Wildman–Crippen LogP) is 2.46. The van der Waals surface area contributed by atoms with Crippen LogP contribution in [-0.4, -0.2) is 0 Å². The van der Waals surface area contributed by atoms with Crippen molar-refractivity contribution in [2.75, 3.05) is 0 Å². The van der Waals surface area contributed by atoms with E-state index < -0.39 is 0 Å². The number of rotatable bonds is 1. The molecular formula is C10H12. The van der Waals surface area contributed by atoms with Gasteiger partial charge in [0.1, 0.15) is 0 Å². The molecule has 0 aliphatic heterocycles. The van der Waals surface area contributed by atoms with Gasteiger partial charge in [-0.3, -0.25) is 0 Å². The van der Waals surface area contributed by atoms with E-state index in [4.69, 9.17) is 0 Å². The van der Waals surface area contributed by atoms with Crippen LogP contribution in [0.3, 0.4) is 0 Å². The first-order valence-electron chi connectivity index (χ1n) is 3.92. The van der Waals surface area contributed by atoms with Crippen molar-refractivity contribution in [3.05, 3.63) is 34.4 Å². The lowest BCUT2D eigenvalue weighted by Crippen LogP contribution is -2.10. The van der Waals surface area contributed by atoms with Crippen LogP contribution in [0.25, 0.3) is 0 Å². The van der Waals surface area contributed by atoms with E-state index in [0.717, 1.165) is 0 Å². The van der Waals surface area contributed by atoms with Crippen LogP contribution in [-0.2, 0) is 12.8 Å². The lowest BCUT2D eigenvalue weighted by molar-refractivity contribution is 0.936. The van der Waals surface area contributed by atoms with Crippen LogP contribution in [0.5, 0.6) is 0 Å². The highest BCUT2D eigenvalue weighted by Gasteiger charge is 2.17. The van der Waals surface area contributed by atoms with Crippen LogP contribution in [0.2, 0.25) is 0 Å². The van der Waals surface area contributed by atoms with E-state index in [9.17, 15) is 0 Å². The Bertz CT molecular complexity index is 248. The fraction of sp³-hybridized carbons (Fsp3) is 0.400. The van der Waals surface area contributed by atoms with E-state index >= 15 is 0 Å². The smallest absolute Gasteiger partial charge is 0.00199 e. The second kappa shape index (κ2) is 1.85. The minimum absolute atomic E-state index is 1.21. The second-order valence-electron chi connectivity index (χ2n) is 3.09. The third-order valence-electron chi connectivity index (χ3n) is 2.31. The van der Waals surface area contributed by atoms with Gasteiger partial charge in [0.15, 0.2) is 0 Å². The molecule has 0 aromatic heterocycles. The summed E-state index contributed by atoms with van der Waals surface area (Å²) < 4.78 is 0. The van der Waals surface area contributed by atoms with E-state index in [1.165, 1.54) is 18.4 Å². The Morgan fingerprint density at radius 1 is 1.30 bits per heavy atom. The lowest BCUT2D eigenvalue weighted by Gasteiger charge is -2.23. The first-order valence-corrected chi connectivity index (χ1v) is 3.92. The monoisotopic (exact) mass is 132 g/mol. The third-order valence-corrected chi connectivity index (χ3v) is 2.31. The Balaban J connectivity index is 2.54. The van der Waals surface area contributed by atoms with E-state index in [-0.39, 0.29) is 0 Å². The molecule has 0 radical (unpaired) electrons. The molecule has 0 atom stereocenters. The molecule has 0 nitrogen and oxygen atoms in total. The Hall–Kier alpha value is -0.780. The van der Waals surface area contributed by atoms with E-state index in [2.05, 4.69) is 26.0 Å². The van der Waals surface area contributed by atoms with Gasteiger partial charge < -0.3 is 0 Å². The molecule has 0 unspecified atom stereocenters.